The van der Waals surface area contributed by atoms with Crippen molar-refractivity contribution in [3.8, 4) is 22.6 Å². The number of esters is 1. The molecule has 1 unspecified atom stereocenters. The van der Waals surface area contributed by atoms with E-state index >= 15 is 0 Å². The van der Waals surface area contributed by atoms with E-state index in [1.807, 2.05) is 30.3 Å². The van der Waals surface area contributed by atoms with Crippen molar-refractivity contribution in [2.45, 2.75) is 19.8 Å². The fourth-order valence-electron chi connectivity index (χ4n) is 2.47. The van der Waals surface area contributed by atoms with Crippen LogP contribution in [0.4, 0.5) is 0 Å². The predicted molar refractivity (Wildman–Crippen MR) is 93.0 cm³/mol. The molecule has 0 radical (unpaired) electrons. The molecular weight excluding hydrogens is 320 g/mol. The zero-order valence-corrected chi connectivity index (χ0v) is 14.0. The number of aromatic amines is 1. The van der Waals surface area contributed by atoms with Crippen LogP contribution in [0.25, 0.3) is 22.6 Å². The van der Waals surface area contributed by atoms with Gasteiger partial charge in [-0.25, -0.2) is 4.98 Å². The molecule has 0 spiro atoms. The standard InChI is InChI=1S/C19H18N2O4/c1-3-24-19(23)12(2)18-21-15(14-10-7-11-20-17(14)22)16(25-18)13-8-5-4-6-9-13/h4-12H,3H2,1-2H3,(H,20,22). The van der Waals surface area contributed by atoms with Crippen molar-refractivity contribution >= 4 is 5.97 Å². The summed E-state index contributed by atoms with van der Waals surface area (Å²) in [5, 5.41) is 0. The molecule has 25 heavy (non-hydrogen) atoms. The van der Waals surface area contributed by atoms with Crippen LogP contribution < -0.4 is 5.56 Å². The number of pyridine rings is 1. The smallest absolute Gasteiger partial charge is 0.318 e. The van der Waals surface area contributed by atoms with Crippen LogP contribution in [0.5, 0.6) is 0 Å². The Hall–Kier alpha value is -3.15. The SMILES string of the molecule is CCOC(=O)C(C)c1nc(-c2ccc[nH]c2=O)c(-c2ccccc2)o1. The minimum Gasteiger partial charge on any atom is -0.465 e. The topological polar surface area (TPSA) is 85.2 Å². The Bertz CT molecular complexity index is 928. The van der Waals surface area contributed by atoms with E-state index in [-0.39, 0.29) is 18.1 Å². The van der Waals surface area contributed by atoms with E-state index in [1.54, 1.807) is 32.2 Å². The lowest BCUT2D eigenvalue weighted by molar-refractivity contribution is -0.145. The molecule has 2 aromatic heterocycles. The minimum absolute atomic E-state index is 0.218. The fraction of sp³-hybridized carbons (Fsp3) is 0.211. The Balaban J connectivity index is 2.14. The minimum atomic E-state index is -0.668. The molecule has 0 saturated carbocycles. The summed E-state index contributed by atoms with van der Waals surface area (Å²) in [6.07, 6.45) is 1.55. The summed E-state index contributed by atoms with van der Waals surface area (Å²) >= 11 is 0. The highest BCUT2D eigenvalue weighted by Gasteiger charge is 2.26. The van der Waals surface area contributed by atoms with Gasteiger partial charge in [-0.05, 0) is 26.0 Å². The van der Waals surface area contributed by atoms with Crippen molar-refractivity contribution in [1.29, 1.82) is 0 Å². The van der Waals surface area contributed by atoms with Crippen molar-refractivity contribution in [2.75, 3.05) is 6.61 Å². The van der Waals surface area contributed by atoms with Crippen LogP contribution in [0.3, 0.4) is 0 Å². The van der Waals surface area contributed by atoms with Gasteiger partial charge in [0, 0.05) is 11.8 Å². The summed E-state index contributed by atoms with van der Waals surface area (Å²) in [7, 11) is 0. The van der Waals surface area contributed by atoms with Crippen molar-refractivity contribution in [2.24, 2.45) is 0 Å². The van der Waals surface area contributed by atoms with Crippen LogP contribution in [0.2, 0.25) is 0 Å². The number of nitrogens with zero attached hydrogens (tertiary/aromatic N) is 1. The molecule has 0 aliphatic heterocycles. The monoisotopic (exact) mass is 338 g/mol. The van der Waals surface area contributed by atoms with Crippen molar-refractivity contribution < 1.29 is 13.9 Å². The highest BCUT2D eigenvalue weighted by molar-refractivity contribution is 5.79. The first-order chi connectivity index (χ1) is 12.1. The molecule has 3 rings (SSSR count). The number of nitrogens with one attached hydrogen (secondary N) is 1. The van der Waals surface area contributed by atoms with Crippen molar-refractivity contribution in [1.82, 2.24) is 9.97 Å². The maximum absolute atomic E-state index is 12.2. The van der Waals surface area contributed by atoms with Gasteiger partial charge in [-0.2, -0.15) is 0 Å². The molecule has 3 aromatic rings. The van der Waals surface area contributed by atoms with Gasteiger partial charge in [0.15, 0.2) is 5.76 Å². The quantitative estimate of drug-likeness (QED) is 0.721. The molecule has 0 aliphatic carbocycles. The average Bonchev–Trinajstić information content (AvgIpc) is 3.07. The zero-order chi connectivity index (χ0) is 17.8. The second kappa shape index (κ2) is 7.17. The molecule has 0 saturated heterocycles. The van der Waals surface area contributed by atoms with Crippen LogP contribution in [0.1, 0.15) is 25.7 Å². The average molecular weight is 338 g/mol. The number of carbonyl (C=O) groups is 1. The predicted octanol–water partition coefficient (Wildman–Crippen LogP) is 3.36. The molecule has 0 fully saturated rings. The molecule has 0 amide bonds. The lowest BCUT2D eigenvalue weighted by Crippen LogP contribution is -2.13. The van der Waals surface area contributed by atoms with Gasteiger partial charge in [-0.3, -0.25) is 9.59 Å². The Morgan fingerprint density at radius 3 is 2.68 bits per heavy atom. The second-order valence-corrected chi connectivity index (χ2v) is 5.48. The highest BCUT2D eigenvalue weighted by Crippen LogP contribution is 2.33. The first-order valence-corrected chi connectivity index (χ1v) is 8.02. The van der Waals surface area contributed by atoms with E-state index in [0.717, 1.165) is 5.56 Å². The van der Waals surface area contributed by atoms with E-state index in [0.29, 0.717) is 17.0 Å². The van der Waals surface area contributed by atoms with E-state index in [1.165, 1.54) is 0 Å². The third kappa shape index (κ3) is 3.38. The summed E-state index contributed by atoms with van der Waals surface area (Å²) in [4.78, 5) is 31.3. The number of aromatic nitrogens is 2. The second-order valence-electron chi connectivity index (χ2n) is 5.48. The molecule has 0 aliphatic rings. The first-order valence-electron chi connectivity index (χ1n) is 8.02. The van der Waals surface area contributed by atoms with Crippen LogP contribution in [0.15, 0.2) is 57.9 Å². The molecule has 6 heteroatoms. The van der Waals surface area contributed by atoms with Gasteiger partial charge in [0.2, 0.25) is 5.89 Å². The number of H-pyrrole nitrogens is 1. The molecule has 1 aromatic carbocycles. The number of benzene rings is 1. The van der Waals surface area contributed by atoms with Crippen LogP contribution in [0, 0.1) is 0 Å². The summed E-state index contributed by atoms with van der Waals surface area (Å²) in [5.74, 6) is -0.421. The van der Waals surface area contributed by atoms with Crippen molar-refractivity contribution in [3.63, 3.8) is 0 Å². The van der Waals surface area contributed by atoms with Gasteiger partial charge in [-0.1, -0.05) is 30.3 Å². The first kappa shape index (κ1) is 16.7. The Kier molecular flexibility index (Phi) is 4.79. The molecular formula is C19H18N2O4. The van der Waals surface area contributed by atoms with E-state index in [2.05, 4.69) is 9.97 Å². The van der Waals surface area contributed by atoms with Gasteiger partial charge in [0.05, 0.1) is 12.2 Å². The molecule has 128 valence electrons. The van der Waals surface area contributed by atoms with Gasteiger partial charge in [-0.15, -0.1) is 0 Å². The highest BCUT2D eigenvalue weighted by atomic mass is 16.5. The Morgan fingerprint density at radius 2 is 2.00 bits per heavy atom. The third-order valence-electron chi connectivity index (χ3n) is 3.76. The maximum Gasteiger partial charge on any atom is 0.318 e. The number of carbonyl (C=O) groups excluding carboxylic acids is 1. The van der Waals surface area contributed by atoms with Gasteiger partial charge < -0.3 is 14.1 Å². The lowest BCUT2D eigenvalue weighted by atomic mass is 10.1. The van der Waals surface area contributed by atoms with E-state index in [4.69, 9.17) is 9.15 Å². The summed E-state index contributed by atoms with van der Waals surface area (Å²) < 4.78 is 10.9. The van der Waals surface area contributed by atoms with E-state index < -0.39 is 11.9 Å². The van der Waals surface area contributed by atoms with Crippen LogP contribution >= 0.6 is 0 Å². The number of hydrogen-bond donors (Lipinski definition) is 1. The van der Waals surface area contributed by atoms with E-state index in [9.17, 15) is 9.59 Å². The molecule has 2 heterocycles. The number of hydrogen-bond acceptors (Lipinski definition) is 5. The zero-order valence-electron chi connectivity index (χ0n) is 14.0. The van der Waals surface area contributed by atoms with Gasteiger partial charge >= 0.3 is 5.97 Å². The van der Waals surface area contributed by atoms with Gasteiger partial charge in [0.1, 0.15) is 11.6 Å². The van der Waals surface area contributed by atoms with Crippen LogP contribution in [-0.4, -0.2) is 22.5 Å². The maximum atomic E-state index is 12.2. The summed E-state index contributed by atoms with van der Waals surface area (Å²) in [6.45, 7) is 3.68. The fourth-order valence-corrected chi connectivity index (χ4v) is 2.47. The van der Waals surface area contributed by atoms with Crippen molar-refractivity contribution in [3.05, 3.63) is 64.9 Å². The van der Waals surface area contributed by atoms with Crippen LogP contribution in [-0.2, 0) is 9.53 Å². The lowest BCUT2D eigenvalue weighted by Gasteiger charge is -2.05. The number of oxazole rings is 1. The Morgan fingerprint density at radius 1 is 1.24 bits per heavy atom. The molecule has 0 bridgehead atoms. The van der Waals surface area contributed by atoms with Gasteiger partial charge in [0.25, 0.3) is 5.56 Å². The third-order valence-corrected chi connectivity index (χ3v) is 3.76. The molecule has 1 N–H and O–H groups in total. The normalized spacial score (nSPS) is 11.9. The molecule has 6 nitrogen and oxygen atoms in total. The largest absolute Gasteiger partial charge is 0.465 e. The summed E-state index contributed by atoms with van der Waals surface area (Å²) in [5.41, 5.74) is 1.28. The summed E-state index contributed by atoms with van der Waals surface area (Å²) in [6, 6.07) is 12.7. The number of ether oxygens (including phenoxy) is 1. The number of rotatable bonds is 5. The molecule has 1 atom stereocenters. The Labute approximate surface area is 144 Å².